The molecule has 178 valence electrons. The van der Waals surface area contributed by atoms with Gasteiger partial charge in [-0.1, -0.05) is 25.1 Å². The fourth-order valence-electron chi connectivity index (χ4n) is 7.17. The zero-order valence-electron chi connectivity index (χ0n) is 19.8. The summed E-state index contributed by atoms with van der Waals surface area (Å²) in [5, 5.41) is 0. The van der Waals surface area contributed by atoms with Crippen molar-refractivity contribution in [3.8, 4) is 11.5 Å². The number of carbonyl (C=O) groups is 1. The van der Waals surface area contributed by atoms with Crippen LogP contribution >= 0.6 is 0 Å². The van der Waals surface area contributed by atoms with Gasteiger partial charge in [-0.05, 0) is 61.1 Å². The van der Waals surface area contributed by atoms with E-state index in [9.17, 15) is 4.79 Å². The van der Waals surface area contributed by atoms with Crippen LogP contribution in [-0.2, 0) is 16.1 Å². The molecule has 6 rings (SSSR count). The zero-order chi connectivity index (χ0) is 22.6. The van der Waals surface area contributed by atoms with Crippen molar-refractivity contribution in [3.63, 3.8) is 0 Å². The lowest BCUT2D eigenvalue weighted by Crippen LogP contribution is -2.49. The first-order valence-corrected chi connectivity index (χ1v) is 12.7. The van der Waals surface area contributed by atoms with E-state index in [1.807, 2.05) is 6.07 Å². The van der Waals surface area contributed by atoms with Crippen LogP contribution in [0.2, 0.25) is 0 Å². The van der Waals surface area contributed by atoms with Crippen molar-refractivity contribution >= 4 is 5.97 Å². The molecule has 33 heavy (non-hydrogen) atoms. The van der Waals surface area contributed by atoms with Gasteiger partial charge < -0.3 is 14.2 Å². The van der Waals surface area contributed by atoms with Crippen molar-refractivity contribution in [1.82, 2.24) is 9.80 Å². The Balaban J connectivity index is 1.05. The lowest BCUT2D eigenvalue weighted by molar-refractivity contribution is -0.146. The summed E-state index contributed by atoms with van der Waals surface area (Å²) < 4.78 is 16.9. The number of ether oxygens (including phenoxy) is 3. The molecular formula is C27H36N2O4. The van der Waals surface area contributed by atoms with Gasteiger partial charge in [0.1, 0.15) is 6.10 Å². The van der Waals surface area contributed by atoms with Crippen LogP contribution in [0.5, 0.6) is 11.5 Å². The van der Waals surface area contributed by atoms with Gasteiger partial charge in [0.15, 0.2) is 11.5 Å². The highest BCUT2D eigenvalue weighted by Gasteiger charge is 2.55. The summed E-state index contributed by atoms with van der Waals surface area (Å²) >= 11 is 0. The van der Waals surface area contributed by atoms with Crippen LogP contribution in [0.3, 0.4) is 0 Å². The molecule has 0 unspecified atom stereocenters. The maximum Gasteiger partial charge on any atom is 0.310 e. The monoisotopic (exact) mass is 452 g/mol. The third-order valence-corrected chi connectivity index (χ3v) is 9.08. The van der Waals surface area contributed by atoms with Gasteiger partial charge in [0.25, 0.3) is 0 Å². The van der Waals surface area contributed by atoms with Crippen molar-refractivity contribution in [1.29, 1.82) is 0 Å². The Kier molecular flexibility index (Phi) is 5.41. The quantitative estimate of drug-likeness (QED) is 0.511. The summed E-state index contributed by atoms with van der Waals surface area (Å²) in [4.78, 5) is 17.9. The van der Waals surface area contributed by atoms with E-state index in [-0.39, 0.29) is 23.4 Å². The first-order chi connectivity index (χ1) is 16.0. The Bertz CT molecular complexity index is 940. The molecule has 2 aliphatic carbocycles. The number of benzene rings is 1. The Morgan fingerprint density at radius 2 is 1.91 bits per heavy atom. The van der Waals surface area contributed by atoms with E-state index >= 15 is 0 Å². The molecule has 6 nitrogen and oxygen atoms in total. The third kappa shape index (κ3) is 3.95. The first kappa shape index (κ1) is 21.5. The first-order valence-electron chi connectivity index (χ1n) is 12.7. The predicted molar refractivity (Wildman–Crippen MR) is 125 cm³/mol. The standard InChI is InChI=1S/C27H36N2O4/c1-18-4-3-7-27(2)14-25-20(13-22(18)27)21(26(30)33-25)16-29-10-8-28(9-11-29)15-19-5-6-23-24(12-19)32-17-31-23/h5-6,12,20-22,25H,1,3-4,7-11,13-17H2,2H3/t20-,21-,22-,25-,27-/m1/s1. The molecule has 3 aliphatic heterocycles. The van der Waals surface area contributed by atoms with Crippen LogP contribution in [0, 0.1) is 23.2 Å². The second-order valence-electron chi connectivity index (χ2n) is 11.2. The van der Waals surface area contributed by atoms with Crippen LogP contribution in [0.15, 0.2) is 30.4 Å². The lowest BCUT2D eigenvalue weighted by Gasteiger charge is -2.50. The van der Waals surface area contributed by atoms with Crippen LogP contribution in [0.25, 0.3) is 0 Å². The van der Waals surface area contributed by atoms with E-state index in [2.05, 4.69) is 35.4 Å². The minimum atomic E-state index is 0.0229. The van der Waals surface area contributed by atoms with Gasteiger partial charge >= 0.3 is 5.97 Å². The van der Waals surface area contributed by atoms with Crippen molar-refractivity contribution in [2.75, 3.05) is 39.5 Å². The largest absolute Gasteiger partial charge is 0.462 e. The number of hydrogen-bond donors (Lipinski definition) is 0. The van der Waals surface area contributed by atoms with Crippen LogP contribution < -0.4 is 9.47 Å². The molecule has 0 spiro atoms. The molecule has 4 fully saturated rings. The topological polar surface area (TPSA) is 51.2 Å². The fraction of sp³-hybridized carbons (Fsp3) is 0.667. The van der Waals surface area contributed by atoms with E-state index in [0.29, 0.717) is 18.6 Å². The molecule has 1 aromatic rings. The summed E-state index contributed by atoms with van der Waals surface area (Å²) in [5.41, 5.74) is 2.94. The Hall–Kier alpha value is -2.05. The van der Waals surface area contributed by atoms with Crippen LogP contribution in [0.1, 0.15) is 44.6 Å². The average molecular weight is 453 g/mol. The molecule has 2 saturated heterocycles. The zero-order valence-corrected chi connectivity index (χ0v) is 19.8. The minimum Gasteiger partial charge on any atom is -0.462 e. The molecule has 0 aromatic heterocycles. The van der Waals surface area contributed by atoms with Crippen molar-refractivity contribution < 1.29 is 19.0 Å². The number of rotatable bonds is 4. The molecule has 0 N–H and O–H groups in total. The Morgan fingerprint density at radius 1 is 1.12 bits per heavy atom. The van der Waals surface area contributed by atoms with E-state index in [0.717, 1.165) is 70.0 Å². The number of piperazine rings is 1. The molecule has 0 bridgehead atoms. The van der Waals surface area contributed by atoms with Crippen LogP contribution in [0.4, 0.5) is 0 Å². The Morgan fingerprint density at radius 3 is 2.76 bits per heavy atom. The SMILES string of the molecule is C=C1CCC[C@]2(C)C[C@H]3OC(=O)[C@H](CN4CCN(Cc5ccc6c(c5)OCO6)CC4)[C@H]3C[C@H]12. The van der Waals surface area contributed by atoms with E-state index < -0.39 is 0 Å². The number of carbonyl (C=O) groups excluding carboxylic acids is 1. The van der Waals surface area contributed by atoms with Crippen molar-refractivity contribution in [2.24, 2.45) is 23.2 Å². The summed E-state index contributed by atoms with van der Waals surface area (Å²) in [6, 6.07) is 6.23. The maximum absolute atomic E-state index is 12.9. The second kappa shape index (κ2) is 8.31. The fourth-order valence-corrected chi connectivity index (χ4v) is 7.17. The number of allylic oxidation sites excluding steroid dienone is 1. The normalized spacial score (nSPS) is 36.4. The molecule has 3 heterocycles. The summed E-state index contributed by atoms with van der Waals surface area (Å²) in [7, 11) is 0. The van der Waals surface area contributed by atoms with Gasteiger partial charge in [-0.3, -0.25) is 14.6 Å². The summed E-state index contributed by atoms with van der Waals surface area (Å²) in [5.74, 6) is 2.67. The van der Waals surface area contributed by atoms with Crippen molar-refractivity contribution in [3.05, 3.63) is 35.9 Å². The molecule has 0 amide bonds. The molecule has 6 heteroatoms. The van der Waals surface area contributed by atoms with Gasteiger partial charge in [0.2, 0.25) is 6.79 Å². The van der Waals surface area contributed by atoms with Crippen molar-refractivity contribution in [2.45, 2.75) is 51.7 Å². The highest BCUT2D eigenvalue weighted by molar-refractivity contribution is 5.75. The van der Waals surface area contributed by atoms with Gasteiger partial charge in [-0.15, -0.1) is 0 Å². The third-order valence-electron chi connectivity index (χ3n) is 9.08. The average Bonchev–Trinajstić information content (AvgIpc) is 3.37. The van der Waals surface area contributed by atoms with Gasteiger partial charge in [0, 0.05) is 45.2 Å². The number of fused-ring (bicyclic) bond motifs is 3. The van der Waals surface area contributed by atoms with Crippen LogP contribution in [-0.4, -0.2) is 61.4 Å². The minimum absolute atomic E-state index is 0.0229. The summed E-state index contributed by atoms with van der Waals surface area (Å²) in [6.45, 7) is 12.9. The maximum atomic E-state index is 12.9. The highest BCUT2D eigenvalue weighted by atomic mass is 16.7. The van der Waals surface area contributed by atoms with E-state index in [1.165, 1.54) is 24.0 Å². The molecule has 1 aromatic carbocycles. The molecule has 5 atom stereocenters. The van der Waals surface area contributed by atoms with E-state index in [4.69, 9.17) is 14.2 Å². The number of hydrogen-bond acceptors (Lipinski definition) is 6. The number of nitrogens with zero attached hydrogens (tertiary/aromatic N) is 2. The highest BCUT2D eigenvalue weighted by Crippen LogP contribution is 2.57. The number of esters is 1. The predicted octanol–water partition coefficient (Wildman–Crippen LogP) is 3.85. The van der Waals surface area contributed by atoms with E-state index in [1.54, 1.807) is 0 Å². The molecule has 2 saturated carbocycles. The van der Waals surface area contributed by atoms with Gasteiger partial charge in [0.05, 0.1) is 5.92 Å². The molecule has 0 radical (unpaired) electrons. The van der Waals surface area contributed by atoms with Gasteiger partial charge in [-0.25, -0.2) is 0 Å². The lowest BCUT2D eigenvalue weighted by atomic mass is 9.55. The summed E-state index contributed by atoms with van der Waals surface area (Å²) in [6.07, 6.45) is 5.85. The van der Waals surface area contributed by atoms with Gasteiger partial charge in [-0.2, -0.15) is 0 Å². The molecule has 5 aliphatic rings. The second-order valence-corrected chi connectivity index (χ2v) is 11.2. The smallest absolute Gasteiger partial charge is 0.310 e. The molecular weight excluding hydrogens is 416 g/mol. The Labute approximate surface area is 196 Å².